The van der Waals surface area contributed by atoms with Crippen molar-refractivity contribution in [2.24, 2.45) is 46.3 Å². The van der Waals surface area contributed by atoms with E-state index in [2.05, 4.69) is 34.6 Å². The molecule has 4 rings (SSSR count). The van der Waals surface area contributed by atoms with Crippen LogP contribution in [0.2, 0.25) is 0 Å². The summed E-state index contributed by atoms with van der Waals surface area (Å²) in [6, 6.07) is 0. The van der Waals surface area contributed by atoms with Gasteiger partial charge in [0.15, 0.2) is 0 Å². The highest BCUT2D eigenvalue weighted by atomic mass is 16.3. The predicted molar refractivity (Wildman–Crippen MR) is 121 cm³/mol. The number of aliphatic hydroxyl groups is 2. The molecule has 168 valence electrons. The van der Waals surface area contributed by atoms with Gasteiger partial charge in [-0.15, -0.1) is 0 Å². The van der Waals surface area contributed by atoms with Crippen molar-refractivity contribution in [1.29, 1.82) is 0 Å². The van der Waals surface area contributed by atoms with Crippen molar-refractivity contribution in [2.45, 2.75) is 123 Å². The molecule has 0 heterocycles. The van der Waals surface area contributed by atoms with Gasteiger partial charge in [0.2, 0.25) is 0 Å². The third-order valence-corrected chi connectivity index (χ3v) is 11.0. The highest BCUT2D eigenvalue weighted by molar-refractivity contribution is 5.14. The van der Waals surface area contributed by atoms with Gasteiger partial charge in [-0.05, 0) is 97.7 Å². The Balaban J connectivity index is 1.49. The Hall–Kier alpha value is -0.0800. The summed E-state index contributed by atoms with van der Waals surface area (Å²) in [5.41, 5.74) is -0.0719. The molecular formula is C27H48O2. The van der Waals surface area contributed by atoms with Crippen molar-refractivity contribution in [3.8, 4) is 0 Å². The highest BCUT2D eigenvalue weighted by Gasteiger charge is 2.64. The number of hydrogen-bond acceptors (Lipinski definition) is 2. The van der Waals surface area contributed by atoms with Gasteiger partial charge in [-0.2, -0.15) is 0 Å². The molecular weight excluding hydrogens is 356 g/mol. The van der Waals surface area contributed by atoms with Crippen LogP contribution in [0.1, 0.15) is 112 Å². The molecule has 4 aliphatic carbocycles. The molecule has 0 spiro atoms. The van der Waals surface area contributed by atoms with E-state index >= 15 is 0 Å². The molecule has 9 atom stereocenters. The van der Waals surface area contributed by atoms with E-state index in [0.29, 0.717) is 17.8 Å². The predicted octanol–water partition coefficient (Wildman–Crippen LogP) is 6.58. The van der Waals surface area contributed by atoms with Crippen LogP contribution in [0, 0.1) is 46.3 Å². The van der Waals surface area contributed by atoms with E-state index < -0.39 is 5.60 Å². The summed E-state index contributed by atoms with van der Waals surface area (Å²) >= 11 is 0. The second-order valence-electron chi connectivity index (χ2n) is 12.8. The molecule has 0 aromatic heterocycles. The van der Waals surface area contributed by atoms with Crippen molar-refractivity contribution < 1.29 is 10.2 Å². The average molecular weight is 405 g/mol. The van der Waals surface area contributed by atoms with Gasteiger partial charge in [0.05, 0.1) is 11.7 Å². The van der Waals surface area contributed by atoms with Gasteiger partial charge in [0.1, 0.15) is 0 Å². The molecule has 0 bridgehead atoms. The van der Waals surface area contributed by atoms with Crippen LogP contribution in [0.25, 0.3) is 0 Å². The van der Waals surface area contributed by atoms with Crippen LogP contribution in [0.3, 0.4) is 0 Å². The van der Waals surface area contributed by atoms with E-state index in [-0.39, 0.29) is 11.5 Å². The molecule has 4 saturated carbocycles. The average Bonchev–Trinajstić information content (AvgIpc) is 2.99. The van der Waals surface area contributed by atoms with Crippen LogP contribution in [-0.2, 0) is 0 Å². The van der Waals surface area contributed by atoms with Crippen molar-refractivity contribution in [2.75, 3.05) is 0 Å². The largest absolute Gasteiger partial charge is 0.393 e. The van der Waals surface area contributed by atoms with Crippen LogP contribution >= 0.6 is 0 Å². The van der Waals surface area contributed by atoms with E-state index in [1.54, 1.807) is 0 Å². The molecule has 0 aromatic carbocycles. The zero-order valence-corrected chi connectivity index (χ0v) is 19.9. The molecule has 0 amide bonds. The summed E-state index contributed by atoms with van der Waals surface area (Å²) in [4.78, 5) is 0. The zero-order chi connectivity index (χ0) is 21.0. The summed E-state index contributed by atoms with van der Waals surface area (Å²) in [6.45, 7) is 12.3. The van der Waals surface area contributed by atoms with E-state index in [0.717, 1.165) is 48.9 Å². The van der Waals surface area contributed by atoms with E-state index in [1.807, 2.05) is 0 Å². The summed E-state index contributed by atoms with van der Waals surface area (Å²) in [7, 11) is 0. The zero-order valence-electron chi connectivity index (χ0n) is 19.9. The lowest BCUT2D eigenvalue weighted by Gasteiger charge is -2.64. The number of hydrogen-bond donors (Lipinski definition) is 2. The molecule has 2 heteroatoms. The van der Waals surface area contributed by atoms with Gasteiger partial charge in [0, 0.05) is 6.42 Å². The smallest absolute Gasteiger partial charge is 0.0728 e. The quantitative estimate of drug-likeness (QED) is 0.543. The van der Waals surface area contributed by atoms with Crippen molar-refractivity contribution in [1.82, 2.24) is 0 Å². The van der Waals surface area contributed by atoms with Gasteiger partial charge in [-0.25, -0.2) is 0 Å². The minimum atomic E-state index is -0.623. The first-order valence-corrected chi connectivity index (χ1v) is 13.0. The van der Waals surface area contributed by atoms with Crippen molar-refractivity contribution in [3.05, 3.63) is 0 Å². The van der Waals surface area contributed by atoms with Crippen molar-refractivity contribution >= 4 is 0 Å². The fourth-order valence-corrected chi connectivity index (χ4v) is 9.25. The Morgan fingerprint density at radius 2 is 1.62 bits per heavy atom. The van der Waals surface area contributed by atoms with Gasteiger partial charge in [-0.3, -0.25) is 0 Å². The lowest BCUT2D eigenvalue weighted by Crippen LogP contribution is -2.62. The lowest BCUT2D eigenvalue weighted by molar-refractivity contribution is -0.220. The molecule has 0 aliphatic heterocycles. The lowest BCUT2D eigenvalue weighted by atomic mass is 9.43. The van der Waals surface area contributed by atoms with Gasteiger partial charge in [-0.1, -0.05) is 53.9 Å². The topological polar surface area (TPSA) is 40.5 Å². The molecule has 0 radical (unpaired) electrons. The first-order valence-electron chi connectivity index (χ1n) is 13.0. The van der Waals surface area contributed by atoms with Crippen molar-refractivity contribution in [3.63, 3.8) is 0 Å². The number of rotatable bonds is 5. The minimum Gasteiger partial charge on any atom is -0.393 e. The summed E-state index contributed by atoms with van der Waals surface area (Å²) in [5, 5.41) is 21.8. The van der Waals surface area contributed by atoms with Crippen LogP contribution in [0.15, 0.2) is 0 Å². The highest BCUT2D eigenvalue weighted by Crippen LogP contribution is 2.69. The first kappa shape index (κ1) is 22.1. The molecule has 1 unspecified atom stereocenters. The summed E-state index contributed by atoms with van der Waals surface area (Å²) in [6.07, 6.45) is 14.1. The Morgan fingerprint density at radius 3 is 2.34 bits per heavy atom. The molecule has 0 aromatic rings. The fraction of sp³-hybridized carbons (Fsp3) is 1.00. The normalized spacial score (nSPS) is 50.7. The standard InChI is InChI=1S/C27H48O2/c1-18(2)7-6-8-19(3)22-9-10-23-21-12-16-27(29)17-20(28)11-15-26(27,5)24(21)13-14-25(22,23)4/h18-24,28-29H,6-17H2,1-5H3/t19-,20+,21+,22-,23+,24+,25-,26-,27?/m1/s1. The maximum absolute atomic E-state index is 11.6. The maximum atomic E-state index is 11.6. The van der Waals surface area contributed by atoms with Crippen LogP contribution in [-0.4, -0.2) is 21.9 Å². The third-order valence-electron chi connectivity index (χ3n) is 11.0. The molecule has 4 fully saturated rings. The second-order valence-corrected chi connectivity index (χ2v) is 12.8. The Bertz CT molecular complexity index is 587. The SMILES string of the molecule is CC(C)CCC[C@@H](C)[C@H]1CC[C@H]2[C@@H]3CCC4(O)C[C@@H](O)CC[C@]4(C)[C@H]3CC[C@]12C. The van der Waals surface area contributed by atoms with Gasteiger partial charge < -0.3 is 10.2 Å². The maximum Gasteiger partial charge on any atom is 0.0728 e. The molecule has 29 heavy (non-hydrogen) atoms. The Labute approximate surface area is 180 Å². The Kier molecular flexibility index (Phi) is 5.95. The van der Waals surface area contributed by atoms with Gasteiger partial charge >= 0.3 is 0 Å². The fourth-order valence-electron chi connectivity index (χ4n) is 9.25. The van der Waals surface area contributed by atoms with E-state index in [4.69, 9.17) is 0 Å². The third kappa shape index (κ3) is 3.53. The molecule has 2 nitrogen and oxygen atoms in total. The molecule has 2 N–H and O–H groups in total. The second kappa shape index (κ2) is 7.80. The summed E-state index contributed by atoms with van der Waals surface area (Å²) in [5.74, 6) is 4.94. The minimum absolute atomic E-state index is 0.0252. The molecule has 4 aliphatic rings. The van der Waals surface area contributed by atoms with E-state index in [1.165, 1.54) is 51.4 Å². The van der Waals surface area contributed by atoms with Crippen LogP contribution in [0.4, 0.5) is 0 Å². The number of fused-ring (bicyclic) bond motifs is 5. The first-order chi connectivity index (χ1) is 13.6. The van der Waals surface area contributed by atoms with Crippen LogP contribution < -0.4 is 0 Å². The monoisotopic (exact) mass is 404 g/mol. The van der Waals surface area contributed by atoms with Crippen LogP contribution in [0.5, 0.6) is 0 Å². The summed E-state index contributed by atoms with van der Waals surface area (Å²) < 4.78 is 0. The Morgan fingerprint density at radius 1 is 0.862 bits per heavy atom. The van der Waals surface area contributed by atoms with E-state index in [9.17, 15) is 10.2 Å². The molecule has 0 saturated heterocycles. The number of aliphatic hydroxyl groups excluding tert-OH is 1. The van der Waals surface area contributed by atoms with Gasteiger partial charge in [0.25, 0.3) is 0 Å².